The molecule has 0 saturated carbocycles. The summed E-state index contributed by atoms with van der Waals surface area (Å²) in [6.07, 6.45) is 3.71. The predicted octanol–water partition coefficient (Wildman–Crippen LogP) is 3.91. The van der Waals surface area contributed by atoms with E-state index in [1.165, 1.54) is 0 Å². The van der Waals surface area contributed by atoms with Gasteiger partial charge in [0, 0.05) is 5.02 Å². The zero-order valence-electron chi connectivity index (χ0n) is 10.5. The Kier molecular flexibility index (Phi) is 4.76. The van der Waals surface area contributed by atoms with Crippen LogP contribution in [0.4, 0.5) is 0 Å². The lowest BCUT2D eigenvalue weighted by Crippen LogP contribution is -2.07. The monoisotopic (exact) mass is 270 g/mol. The number of amidine groups is 1. The first-order chi connectivity index (χ1) is 9.24. The summed E-state index contributed by atoms with van der Waals surface area (Å²) in [4.78, 5) is 4.31. The maximum atomic E-state index is 5.84. The van der Waals surface area contributed by atoms with Crippen LogP contribution in [0.2, 0.25) is 5.02 Å². The molecule has 0 spiro atoms. The number of nitrogens with zero attached hydrogens (tertiary/aromatic N) is 1. The van der Waals surface area contributed by atoms with Gasteiger partial charge in [0.1, 0.15) is 5.84 Å². The molecule has 0 aliphatic rings. The molecule has 19 heavy (non-hydrogen) atoms. The topological polar surface area (TPSA) is 38.4 Å². The number of nitrogens with two attached hydrogens (primary N) is 1. The standard InChI is InChI=1S/C16H15ClN2/c17-15-9-6-13(7-10-15)8-11-16(18)19-12-14-4-2-1-3-5-14/h1-11H,12H2,(H2,18,19)/b11-8+. The van der Waals surface area contributed by atoms with Crippen molar-refractivity contribution in [1.82, 2.24) is 0 Å². The molecule has 0 unspecified atom stereocenters. The van der Waals surface area contributed by atoms with Crippen molar-refractivity contribution >= 4 is 23.5 Å². The Morgan fingerprint density at radius 3 is 2.42 bits per heavy atom. The summed E-state index contributed by atoms with van der Waals surface area (Å²) < 4.78 is 0. The van der Waals surface area contributed by atoms with E-state index < -0.39 is 0 Å². The number of halogens is 1. The minimum atomic E-state index is 0.513. The van der Waals surface area contributed by atoms with Gasteiger partial charge in [-0.1, -0.05) is 60.1 Å². The average Bonchev–Trinajstić information content (AvgIpc) is 2.45. The highest BCUT2D eigenvalue weighted by Crippen LogP contribution is 2.10. The fourth-order valence-corrected chi connectivity index (χ4v) is 1.70. The lowest BCUT2D eigenvalue weighted by molar-refractivity contribution is 1.06. The molecule has 2 N–H and O–H groups in total. The molecular weight excluding hydrogens is 256 g/mol. The van der Waals surface area contributed by atoms with Crippen LogP contribution in [0.1, 0.15) is 11.1 Å². The molecule has 0 radical (unpaired) electrons. The molecule has 0 amide bonds. The molecule has 0 aromatic heterocycles. The van der Waals surface area contributed by atoms with E-state index in [0.29, 0.717) is 12.4 Å². The molecular formula is C16H15ClN2. The van der Waals surface area contributed by atoms with Crippen LogP contribution in [-0.4, -0.2) is 5.84 Å². The highest BCUT2D eigenvalue weighted by Gasteiger charge is 1.91. The molecule has 2 aromatic carbocycles. The van der Waals surface area contributed by atoms with Gasteiger partial charge in [-0.05, 0) is 29.3 Å². The third kappa shape index (κ3) is 4.60. The number of aliphatic imine (C=N–C) groups is 1. The van der Waals surface area contributed by atoms with Crippen LogP contribution in [0.15, 0.2) is 65.7 Å². The Hall–Kier alpha value is -2.06. The van der Waals surface area contributed by atoms with Gasteiger partial charge in [0.05, 0.1) is 6.54 Å². The molecule has 96 valence electrons. The molecule has 2 nitrogen and oxygen atoms in total. The normalized spacial score (nSPS) is 11.9. The van der Waals surface area contributed by atoms with Crippen LogP contribution in [0.3, 0.4) is 0 Å². The van der Waals surface area contributed by atoms with Gasteiger partial charge < -0.3 is 5.73 Å². The summed E-state index contributed by atoms with van der Waals surface area (Å²) in [6, 6.07) is 17.6. The van der Waals surface area contributed by atoms with Gasteiger partial charge in [0.15, 0.2) is 0 Å². The fraction of sp³-hybridized carbons (Fsp3) is 0.0625. The molecule has 0 atom stereocenters. The highest BCUT2D eigenvalue weighted by molar-refractivity contribution is 6.30. The van der Waals surface area contributed by atoms with E-state index in [4.69, 9.17) is 17.3 Å². The maximum absolute atomic E-state index is 5.84. The Morgan fingerprint density at radius 1 is 1.05 bits per heavy atom. The van der Waals surface area contributed by atoms with E-state index >= 15 is 0 Å². The second-order valence-corrected chi connectivity index (χ2v) is 4.55. The lowest BCUT2D eigenvalue weighted by Gasteiger charge is -1.97. The molecule has 3 heteroatoms. The molecule has 0 saturated heterocycles. The van der Waals surface area contributed by atoms with Gasteiger partial charge in [0.25, 0.3) is 0 Å². The van der Waals surface area contributed by atoms with Crippen molar-refractivity contribution in [3.63, 3.8) is 0 Å². The predicted molar refractivity (Wildman–Crippen MR) is 82.3 cm³/mol. The molecule has 0 aliphatic carbocycles. The molecule has 0 heterocycles. The van der Waals surface area contributed by atoms with Crippen LogP contribution in [0.5, 0.6) is 0 Å². The third-order valence-corrected chi connectivity index (χ3v) is 2.86. The molecule has 2 aromatic rings. The Balaban J connectivity index is 1.96. The second-order valence-electron chi connectivity index (χ2n) is 4.11. The smallest absolute Gasteiger partial charge is 0.118 e. The number of hydrogen-bond acceptors (Lipinski definition) is 1. The van der Waals surface area contributed by atoms with Gasteiger partial charge in [0.2, 0.25) is 0 Å². The summed E-state index contributed by atoms with van der Waals surface area (Å²) in [7, 11) is 0. The summed E-state index contributed by atoms with van der Waals surface area (Å²) in [6.45, 7) is 0.595. The molecule has 2 rings (SSSR count). The average molecular weight is 271 g/mol. The number of benzene rings is 2. The Morgan fingerprint density at radius 2 is 1.74 bits per heavy atom. The quantitative estimate of drug-likeness (QED) is 0.664. The zero-order valence-corrected chi connectivity index (χ0v) is 11.2. The van der Waals surface area contributed by atoms with Gasteiger partial charge in [-0.25, -0.2) is 0 Å². The van der Waals surface area contributed by atoms with Crippen LogP contribution >= 0.6 is 11.6 Å². The van der Waals surface area contributed by atoms with Crippen molar-refractivity contribution < 1.29 is 0 Å². The van der Waals surface area contributed by atoms with Crippen LogP contribution < -0.4 is 5.73 Å². The van der Waals surface area contributed by atoms with E-state index in [1.54, 1.807) is 6.08 Å². The first kappa shape index (κ1) is 13.4. The number of hydrogen-bond donors (Lipinski definition) is 1. The second kappa shape index (κ2) is 6.76. The molecule has 0 bridgehead atoms. The highest BCUT2D eigenvalue weighted by atomic mass is 35.5. The van der Waals surface area contributed by atoms with Gasteiger partial charge in [-0.3, -0.25) is 4.99 Å². The first-order valence-electron chi connectivity index (χ1n) is 6.01. The zero-order chi connectivity index (χ0) is 13.5. The first-order valence-corrected chi connectivity index (χ1v) is 6.39. The Bertz CT molecular complexity index is 571. The van der Waals surface area contributed by atoms with Gasteiger partial charge in [-0.15, -0.1) is 0 Å². The van der Waals surface area contributed by atoms with E-state index in [1.807, 2.05) is 60.7 Å². The molecule has 0 aliphatic heterocycles. The summed E-state index contributed by atoms with van der Waals surface area (Å²) in [5.74, 6) is 0.513. The third-order valence-electron chi connectivity index (χ3n) is 2.60. The van der Waals surface area contributed by atoms with Crippen molar-refractivity contribution in [3.05, 3.63) is 76.8 Å². The van der Waals surface area contributed by atoms with Gasteiger partial charge in [-0.2, -0.15) is 0 Å². The van der Waals surface area contributed by atoms with Crippen molar-refractivity contribution in [2.75, 3.05) is 0 Å². The maximum Gasteiger partial charge on any atom is 0.118 e. The van der Waals surface area contributed by atoms with E-state index in [0.717, 1.165) is 16.1 Å². The minimum absolute atomic E-state index is 0.513. The van der Waals surface area contributed by atoms with E-state index in [2.05, 4.69) is 4.99 Å². The van der Waals surface area contributed by atoms with Gasteiger partial charge >= 0.3 is 0 Å². The van der Waals surface area contributed by atoms with Crippen molar-refractivity contribution in [3.8, 4) is 0 Å². The summed E-state index contributed by atoms with van der Waals surface area (Å²) >= 11 is 5.82. The fourth-order valence-electron chi connectivity index (χ4n) is 1.57. The largest absolute Gasteiger partial charge is 0.384 e. The molecule has 0 fully saturated rings. The van der Waals surface area contributed by atoms with Crippen molar-refractivity contribution in [2.45, 2.75) is 6.54 Å². The van der Waals surface area contributed by atoms with Crippen LogP contribution in [0, 0.1) is 0 Å². The summed E-state index contributed by atoms with van der Waals surface area (Å²) in [5.41, 5.74) is 8.02. The van der Waals surface area contributed by atoms with Crippen LogP contribution in [-0.2, 0) is 6.54 Å². The number of rotatable bonds is 4. The SMILES string of the molecule is NC(/C=C/c1ccc(Cl)cc1)=NCc1ccccc1. The van der Waals surface area contributed by atoms with Crippen molar-refractivity contribution in [2.24, 2.45) is 10.7 Å². The van der Waals surface area contributed by atoms with E-state index in [-0.39, 0.29) is 0 Å². The minimum Gasteiger partial charge on any atom is -0.384 e. The van der Waals surface area contributed by atoms with Crippen molar-refractivity contribution in [1.29, 1.82) is 0 Å². The van der Waals surface area contributed by atoms with E-state index in [9.17, 15) is 0 Å². The van der Waals surface area contributed by atoms with Crippen LogP contribution in [0.25, 0.3) is 6.08 Å². The lowest BCUT2D eigenvalue weighted by atomic mass is 10.2. The Labute approximate surface area is 118 Å². The summed E-state index contributed by atoms with van der Waals surface area (Å²) in [5, 5.41) is 0.725.